The number of fused-ring (bicyclic) bond motifs is 1. The summed E-state index contributed by atoms with van der Waals surface area (Å²) in [5, 5.41) is 20.3. The maximum absolute atomic E-state index is 14.2. The molecule has 0 aromatic carbocycles. The minimum Gasteiger partial charge on any atom is -0.481 e. The minimum atomic E-state index is -1.23. The first kappa shape index (κ1) is 26.1. The van der Waals surface area contributed by atoms with Crippen molar-refractivity contribution in [2.45, 2.75) is 56.9 Å². The van der Waals surface area contributed by atoms with E-state index in [-0.39, 0.29) is 18.4 Å². The van der Waals surface area contributed by atoms with Gasteiger partial charge in [0.15, 0.2) is 0 Å². The van der Waals surface area contributed by atoms with Crippen molar-refractivity contribution in [3.8, 4) is 0 Å². The Bertz CT molecular complexity index is 858. The zero-order valence-electron chi connectivity index (χ0n) is 21.0. The number of carbonyl (C=O) groups excluding carboxylic acids is 2. The Hall–Kier alpha value is -2.01. The van der Waals surface area contributed by atoms with Gasteiger partial charge in [-0.3, -0.25) is 19.3 Å². The van der Waals surface area contributed by atoms with Crippen molar-refractivity contribution in [3.63, 3.8) is 0 Å². The van der Waals surface area contributed by atoms with Crippen molar-refractivity contribution >= 4 is 17.8 Å². The second-order valence-corrected chi connectivity index (χ2v) is 10.6. The molecule has 4 aliphatic rings. The average molecular weight is 494 g/mol. The van der Waals surface area contributed by atoms with Gasteiger partial charge in [0.25, 0.3) is 0 Å². The monoisotopic (exact) mass is 493 g/mol. The third-order valence-electron chi connectivity index (χ3n) is 8.78. The zero-order chi connectivity index (χ0) is 25.5. The van der Waals surface area contributed by atoms with E-state index in [1.54, 1.807) is 17.9 Å². The number of carboxylic acid groups (broad SMARTS) is 1. The standard InChI is InChI=1S/C25H39N3O7/c1-5-7-27(9-8-26-10-12-34-13-11-26)22(31)20-25-14-16(3)24(4,35-25)19(23(32)33)18(25)21(30)28(20)17(6-2)15-29/h5,16-20,29H,1,6-15H2,2-4H3,(H,32,33)/t16?,17-,18-,19-,20?,24+,25?/m0/s1. The summed E-state index contributed by atoms with van der Waals surface area (Å²) >= 11 is 0. The quantitative estimate of drug-likeness (QED) is 0.414. The van der Waals surface area contributed by atoms with E-state index in [0.717, 1.165) is 13.1 Å². The topological polar surface area (TPSA) is 120 Å². The van der Waals surface area contributed by atoms with Crippen LogP contribution in [0.1, 0.15) is 33.6 Å². The van der Waals surface area contributed by atoms with Crippen molar-refractivity contribution in [2.75, 3.05) is 52.5 Å². The number of rotatable bonds is 10. The van der Waals surface area contributed by atoms with Crippen LogP contribution in [0.15, 0.2) is 12.7 Å². The Labute approximate surface area is 206 Å². The van der Waals surface area contributed by atoms with E-state index >= 15 is 0 Å². The Morgan fingerprint density at radius 3 is 2.60 bits per heavy atom. The largest absolute Gasteiger partial charge is 0.481 e. The molecule has 4 fully saturated rings. The highest BCUT2D eigenvalue weighted by atomic mass is 16.5. The van der Waals surface area contributed by atoms with E-state index in [1.165, 1.54) is 4.90 Å². The van der Waals surface area contributed by atoms with E-state index in [4.69, 9.17) is 9.47 Å². The molecule has 4 rings (SSSR count). The van der Waals surface area contributed by atoms with Gasteiger partial charge >= 0.3 is 5.97 Å². The number of aliphatic hydroxyl groups excluding tert-OH is 1. The summed E-state index contributed by atoms with van der Waals surface area (Å²) in [6, 6.07) is -1.59. The van der Waals surface area contributed by atoms with Gasteiger partial charge in [0, 0.05) is 32.7 Å². The van der Waals surface area contributed by atoms with E-state index in [2.05, 4.69) is 11.5 Å². The number of aliphatic hydroxyl groups is 1. The molecule has 2 amide bonds. The molecule has 0 aromatic heterocycles. The van der Waals surface area contributed by atoms with Crippen molar-refractivity contribution in [1.29, 1.82) is 0 Å². The molecule has 1 spiro atoms. The molecule has 2 bridgehead atoms. The summed E-state index contributed by atoms with van der Waals surface area (Å²) in [5.41, 5.74) is -2.26. The number of carbonyl (C=O) groups is 3. The van der Waals surface area contributed by atoms with Crippen LogP contribution in [0.4, 0.5) is 0 Å². The first-order chi connectivity index (χ1) is 16.7. The van der Waals surface area contributed by atoms with Crippen LogP contribution in [0.3, 0.4) is 0 Å². The summed E-state index contributed by atoms with van der Waals surface area (Å²) in [6.07, 6.45) is 2.52. The number of aliphatic carboxylic acids is 1. The van der Waals surface area contributed by atoms with Gasteiger partial charge in [-0.05, 0) is 25.7 Å². The van der Waals surface area contributed by atoms with E-state index in [1.807, 2.05) is 13.8 Å². The Morgan fingerprint density at radius 1 is 1.34 bits per heavy atom. The minimum absolute atomic E-state index is 0.140. The van der Waals surface area contributed by atoms with Crippen molar-refractivity contribution in [3.05, 3.63) is 12.7 Å². The SMILES string of the molecule is C=CCN(CCN1CCOCC1)C(=O)C1N([C@@H](CC)CO)C(=O)[C@@H]2[C@@H](C(=O)O)[C@]3(C)OC12CC3C. The molecule has 4 aliphatic heterocycles. The number of nitrogens with zero attached hydrogens (tertiary/aromatic N) is 3. The first-order valence-electron chi connectivity index (χ1n) is 12.7. The Kier molecular flexibility index (Phi) is 7.30. The lowest BCUT2D eigenvalue weighted by Crippen LogP contribution is -2.59. The van der Waals surface area contributed by atoms with Gasteiger partial charge in [-0.1, -0.05) is 19.9 Å². The molecule has 4 saturated heterocycles. The number of hydrogen-bond donors (Lipinski definition) is 2. The second kappa shape index (κ2) is 9.80. The van der Waals surface area contributed by atoms with Gasteiger partial charge in [0.05, 0.1) is 37.4 Å². The highest BCUT2D eigenvalue weighted by Crippen LogP contribution is 2.65. The van der Waals surface area contributed by atoms with Crippen molar-refractivity contribution < 1.29 is 34.1 Å². The van der Waals surface area contributed by atoms with E-state index < -0.39 is 47.0 Å². The predicted octanol–water partition coefficient (Wildman–Crippen LogP) is 0.199. The van der Waals surface area contributed by atoms with Gasteiger partial charge in [-0.15, -0.1) is 6.58 Å². The molecule has 10 nitrogen and oxygen atoms in total. The molecular weight excluding hydrogens is 454 g/mol. The second-order valence-electron chi connectivity index (χ2n) is 10.6. The van der Waals surface area contributed by atoms with Crippen LogP contribution in [0.5, 0.6) is 0 Å². The van der Waals surface area contributed by atoms with Crippen LogP contribution in [0.25, 0.3) is 0 Å². The normalized spacial score (nSPS) is 37.4. The highest BCUT2D eigenvalue weighted by Gasteiger charge is 2.80. The number of likely N-dealkylation sites (tertiary alicyclic amines) is 1. The molecule has 196 valence electrons. The first-order valence-corrected chi connectivity index (χ1v) is 12.7. The summed E-state index contributed by atoms with van der Waals surface area (Å²) in [6.45, 7) is 13.3. The van der Waals surface area contributed by atoms with Gasteiger partial charge in [-0.2, -0.15) is 0 Å². The number of carboxylic acids is 1. The summed E-state index contributed by atoms with van der Waals surface area (Å²) < 4.78 is 11.9. The van der Waals surface area contributed by atoms with Gasteiger partial charge in [-0.25, -0.2) is 0 Å². The van der Waals surface area contributed by atoms with Gasteiger partial charge < -0.3 is 29.5 Å². The Morgan fingerprint density at radius 2 is 2.03 bits per heavy atom. The fourth-order valence-corrected chi connectivity index (χ4v) is 6.85. The number of amides is 2. The van der Waals surface area contributed by atoms with Gasteiger partial charge in [0.2, 0.25) is 11.8 Å². The lowest BCUT2D eigenvalue weighted by molar-refractivity contribution is -0.160. The van der Waals surface area contributed by atoms with Crippen LogP contribution in [-0.4, -0.2) is 119 Å². The van der Waals surface area contributed by atoms with E-state index in [9.17, 15) is 24.6 Å². The maximum Gasteiger partial charge on any atom is 0.310 e. The molecule has 10 heteroatoms. The molecule has 7 atom stereocenters. The van der Waals surface area contributed by atoms with Crippen molar-refractivity contribution in [1.82, 2.24) is 14.7 Å². The predicted molar refractivity (Wildman–Crippen MR) is 126 cm³/mol. The molecule has 3 unspecified atom stereocenters. The van der Waals surface area contributed by atoms with Crippen molar-refractivity contribution in [2.24, 2.45) is 17.8 Å². The fraction of sp³-hybridized carbons (Fsp3) is 0.800. The van der Waals surface area contributed by atoms with Crippen LogP contribution in [0.2, 0.25) is 0 Å². The maximum atomic E-state index is 14.2. The molecule has 0 aromatic rings. The third-order valence-corrected chi connectivity index (χ3v) is 8.78. The van der Waals surface area contributed by atoms with Gasteiger partial charge in [0.1, 0.15) is 17.6 Å². The molecular formula is C25H39N3O7. The smallest absolute Gasteiger partial charge is 0.310 e. The number of morpholine rings is 1. The lowest BCUT2D eigenvalue weighted by Gasteiger charge is -2.40. The molecule has 0 radical (unpaired) electrons. The summed E-state index contributed by atoms with van der Waals surface area (Å²) in [4.78, 5) is 45.9. The molecule has 0 saturated carbocycles. The number of hydrogen-bond acceptors (Lipinski definition) is 7. The summed E-state index contributed by atoms with van der Waals surface area (Å²) in [7, 11) is 0. The third kappa shape index (κ3) is 3.98. The number of ether oxygens (including phenoxy) is 2. The summed E-state index contributed by atoms with van der Waals surface area (Å²) in [5.74, 6) is -3.91. The lowest BCUT2D eigenvalue weighted by atomic mass is 9.62. The van der Waals surface area contributed by atoms with E-state index in [0.29, 0.717) is 45.7 Å². The highest BCUT2D eigenvalue weighted by molar-refractivity contribution is 5.98. The fourth-order valence-electron chi connectivity index (χ4n) is 6.85. The Balaban J connectivity index is 1.71. The molecule has 35 heavy (non-hydrogen) atoms. The average Bonchev–Trinajstić information content (AvgIpc) is 3.35. The van der Waals surface area contributed by atoms with Crippen LogP contribution < -0.4 is 0 Å². The molecule has 4 heterocycles. The molecule has 2 N–H and O–H groups in total. The van der Waals surface area contributed by atoms with Crippen LogP contribution in [-0.2, 0) is 23.9 Å². The molecule has 0 aliphatic carbocycles. The zero-order valence-corrected chi connectivity index (χ0v) is 21.0. The van der Waals surface area contributed by atoms with Crippen LogP contribution >= 0.6 is 0 Å². The van der Waals surface area contributed by atoms with Crippen LogP contribution in [0, 0.1) is 17.8 Å².